The molecule has 0 aliphatic rings. The number of hydrogen-bond donors (Lipinski definition) is 1. The summed E-state index contributed by atoms with van der Waals surface area (Å²) < 4.78 is 0.619. The van der Waals surface area contributed by atoms with Gasteiger partial charge in [0.2, 0.25) is 0 Å². The van der Waals surface area contributed by atoms with Gasteiger partial charge in [-0.1, -0.05) is 19.9 Å². The van der Waals surface area contributed by atoms with Crippen LogP contribution in [0.5, 0.6) is 0 Å². The van der Waals surface area contributed by atoms with Gasteiger partial charge in [-0.2, -0.15) is 0 Å². The highest BCUT2D eigenvalue weighted by Gasteiger charge is 2.16. The normalized spacial score (nSPS) is 10.6. The molecule has 0 bridgehead atoms. The van der Waals surface area contributed by atoms with Gasteiger partial charge >= 0.3 is 5.97 Å². The number of rotatable bonds is 4. The molecule has 0 aliphatic carbocycles. The third kappa shape index (κ3) is 2.98. The molecular formula is C12H16BrNO2. The molecule has 1 aromatic carbocycles. The first kappa shape index (κ1) is 13.0. The van der Waals surface area contributed by atoms with Crippen LogP contribution in [0.25, 0.3) is 0 Å². The predicted octanol–water partition coefficient (Wildman–Crippen LogP) is 3.24. The van der Waals surface area contributed by atoms with Gasteiger partial charge in [0.25, 0.3) is 0 Å². The topological polar surface area (TPSA) is 40.5 Å². The summed E-state index contributed by atoms with van der Waals surface area (Å²) in [6.07, 6.45) is 0. The zero-order chi connectivity index (χ0) is 12.3. The lowest BCUT2D eigenvalue weighted by atomic mass is 10.1. The Balaban J connectivity index is 3.12. The Hall–Kier alpha value is -1.03. The molecule has 0 aliphatic heterocycles. The maximum atomic E-state index is 11.2. The van der Waals surface area contributed by atoms with E-state index in [1.165, 1.54) is 0 Å². The number of benzene rings is 1. The van der Waals surface area contributed by atoms with Crippen molar-refractivity contribution in [2.75, 3.05) is 18.5 Å². The van der Waals surface area contributed by atoms with Crippen LogP contribution in [-0.2, 0) is 0 Å². The number of hydrogen-bond acceptors (Lipinski definition) is 2. The second-order valence-electron chi connectivity index (χ2n) is 4.21. The zero-order valence-electron chi connectivity index (χ0n) is 9.70. The first-order chi connectivity index (χ1) is 7.43. The minimum Gasteiger partial charge on any atom is -0.478 e. The minimum absolute atomic E-state index is 0.325. The lowest BCUT2D eigenvalue weighted by molar-refractivity contribution is 0.0696. The average Bonchev–Trinajstić information content (AvgIpc) is 2.15. The molecule has 16 heavy (non-hydrogen) atoms. The van der Waals surface area contributed by atoms with E-state index in [0.717, 1.165) is 12.2 Å². The Labute approximate surface area is 104 Å². The average molecular weight is 286 g/mol. The van der Waals surface area contributed by atoms with Crippen LogP contribution in [0.1, 0.15) is 24.2 Å². The van der Waals surface area contributed by atoms with E-state index in [0.29, 0.717) is 16.0 Å². The van der Waals surface area contributed by atoms with Crippen LogP contribution in [0, 0.1) is 5.92 Å². The zero-order valence-corrected chi connectivity index (χ0v) is 11.3. The summed E-state index contributed by atoms with van der Waals surface area (Å²) in [4.78, 5) is 13.1. The van der Waals surface area contributed by atoms with Gasteiger partial charge in [-0.25, -0.2) is 4.79 Å². The van der Waals surface area contributed by atoms with Crippen LogP contribution < -0.4 is 4.90 Å². The maximum Gasteiger partial charge on any atom is 0.338 e. The molecule has 4 heteroatoms. The lowest BCUT2D eigenvalue weighted by Crippen LogP contribution is -2.24. The third-order valence-corrected chi connectivity index (χ3v) is 2.92. The monoisotopic (exact) mass is 285 g/mol. The van der Waals surface area contributed by atoms with Crippen molar-refractivity contribution < 1.29 is 9.90 Å². The number of anilines is 1. The molecule has 0 radical (unpaired) electrons. The molecule has 0 amide bonds. The Morgan fingerprint density at radius 2 is 2.12 bits per heavy atom. The van der Waals surface area contributed by atoms with Gasteiger partial charge in [0.1, 0.15) is 0 Å². The van der Waals surface area contributed by atoms with Crippen LogP contribution in [0.2, 0.25) is 0 Å². The molecule has 0 atom stereocenters. The molecule has 0 unspecified atom stereocenters. The standard InChI is InChI=1S/C12H16BrNO2/c1-8(2)7-14(3)10-6-4-5-9(13)11(10)12(15)16/h4-6,8H,7H2,1-3H3,(H,15,16). The van der Waals surface area contributed by atoms with Crippen molar-refractivity contribution in [1.82, 2.24) is 0 Å². The second kappa shape index (κ2) is 5.34. The van der Waals surface area contributed by atoms with E-state index in [1.54, 1.807) is 6.07 Å². The van der Waals surface area contributed by atoms with Gasteiger partial charge < -0.3 is 10.0 Å². The molecule has 1 rings (SSSR count). The van der Waals surface area contributed by atoms with Gasteiger partial charge in [-0.15, -0.1) is 0 Å². The number of halogens is 1. The predicted molar refractivity (Wildman–Crippen MR) is 69.2 cm³/mol. The first-order valence-corrected chi connectivity index (χ1v) is 5.95. The van der Waals surface area contributed by atoms with Gasteiger partial charge in [-0.3, -0.25) is 0 Å². The Bertz CT molecular complexity index is 391. The fourth-order valence-electron chi connectivity index (χ4n) is 1.69. The molecule has 1 N–H and O–H groups in total. The van der Waals surface area contributed by atoms with Crippen LogP contribution in [-0.4, -0.2) is 24.7 Å². The molecular weight excluding hydrogens is 270 g/mol. The van der Waals surface area contributed by atoms with E-state index in [-0.39, 0.29) is 0 Å². The summed E-state index contributed by atoms with van der Waals surface area (Å²) in [6.45, 7) is 5.04. The third-order valence-electron chi connectivity index (χ3n) is 2.26. The summed E-state index contributed by atoms with van der Waals surface area (Å²) in [5, 5.41) is 9.17. The van der Waals surface area contributed by atoms with E-state index in [2.05, 4.69) is 29.8 Å². The van der Waals surface area contributed by atoms with Crippen LogP contribution in [0.3, 0.4) is 0 Å². The minimum atomic E-state index is -0.905. The quantitative estimate of drug-likeness (QED) is 0.923. The van der Waals surface area contributed by atoms with Crippen molar-refractivity contribution in [1.29, 1.82) is 0 Å². The van der Waals surface area contributed by atoms with Crippen LogP contribution in [0.4, 0.5) is 5.69 Å². The van der Waals surface area contributed by atoms with Gasteiger partial charge in [-0.05, 0) is 34.0 Å². The SMILES string of the molecule is CC(C)CN(C)c1cccc(Br)c1C(=O)O. The van der Waals surface area contributed by atoms with Crippen molar-refractivity contribution >= 4 is 27.6 Å². The van der Waals surface area contributed by atoms with Crippen molar-refractivity contribution in [3.8, 4) is 0 Å². The molecule has 0 saturated heterocycles. The van der Waals surface area contributed by atoms with Gasteiger partial charge in [0.05, 0.1) is 11.3 Å². The van der Waals surface area contributed by atoms with E-state index in [1.807, 2.05) is 24.1 Å². The summed E-state index contributed by atoms with van der Waals surface area (Å²) in [6, 6.07) is 5.43. The Morgan fingerprint density at radius 1 is 1.50 bits per heavy atom. The smallest absolute Gasteiger partial charge is 0.338 e. The van der Waals surface area contributed by atoms with Crippen molar-refractivity contribution in [3.63, 3.8) is 0 Å². The highest BCUT2D eigenvalue weighted by Crippen LogP contribution is 2.27. The number of aromatic carboxylic acids is 1. The fraction of sp³-hybridized carbons (Fsp3) is 0.417. The highest BCUT2D eigenvalue weighted by atomic mass is 79.9. The van der Waals surface area contributed by atoms with Gasteiger partial charge in [0.15, 0.2) is 0 Å². The van der Waals surface area contributed by atoms with E-state index >= 15 is 0 Å². The molecule has 0 heterocycles. The molecule has 1 aromatic rings. The van der Waals surface area contributed by atoms with Gasteiger partial charge in [0, 0.05) is 18.1 Å². The number of nitrogens with zero attached hydrogens (tertiary/aromatic N) is 1. The van der Waals surface area contributed by atoms with E-state index in [9.17, 15) is 9.90 Å². The second-order valence-corrected chi connectivity index (χ2v) is 5.07. The molecule has 0 aromatic heterocycles. The van der Waals surface area contributed by atoms with Crippen molar-refractivity contribution in [2.24, 2.45) is 5.92 Å². The Morgan fingerprint density at radius 3 is 2.62 bits per heavy atom. The summed E-state index contributed by atoms with van der Waals surface area (Å²) in [7, 11) is 1.91. The number of carbonyl (C=O) groups is 1. The molecule has 0 saturated carbocycles. The van der Waals surface area contributed by atoms with Crippen LogP contribution in [0.15, 0.2) is 22.7 Å². The summed E-state index contributed by atoms with van der Waals surface area (Å²) in [5.41, 5.74) is 1.07. The molecule has 0 spiro atoms. The highest BCUT2D eigenvalue weighted by molar-refractivity contribution is 9.10. The first-order valence-electron chi connectivity index (χ1n) is 5.16. The van der Waals surface area contributed by atoms with Crippen molar-refractivity contribution in [3.05, 3.63) is 28.2 Å². The molecule has 88 valence electrons. The molecule has 0 fully saturated rings. The van der Waals surface area contributed by atoms with E-state index < -0.39 is 5.97 Å². The summed E-state index contributed by atoms with van der Waals surface area (Å²) in [5.74, 6) is -0.413. The largest absolute Gasteiger partial charge is 0.478 e. The Kier molecular flexibility index (Phi) is 4.35. The summed E-state index contributed by atoms with van der Waals surface area (Å²) >= 11 is 3.27. The lowest BCUT2D eigenvalue weighted by Gasteiger charge is -2.23. The maximum absolute atomic E-state index is 11.2. The van der Waals surface area contributed by atoms with Crippen molar-refractivity contribution in [2.45, 2.75) is 13.8 Å². The molecule has 3 nitrogen and oxygen atoms in total. The number of carboxylic acids is 1. The number of carboxylic acid groups (broad SMARTS) is 1. The van der Waals surface area contributed by atoms with E-state index in [4.69, 9.17) is 0 Å². The fourth-order valence-corrected chi connectivity index (χ4v) is 2.21. The van der Waals surface area contributed by atoms with Crippen LogP contribution >= 0.6 is 15.9 Å².